The van der Waals surface area contributed by atoms with Crippen molar-refractivity contribution in [3.05, 3.63) is 35.9 Å². The van der Waals surface area contributed by atoms with Crippen LogP contribution in [0.4, 0.5) is 0 Å². The summed E-state index contributed by atoms with van der Waals surface area (Å²) in [6, 6.07) is 11.6. The Bertz CT molecular complexity index is 395. The van der Waals surface area contributed by atoms with Crippen molar-refractivity contribution in [3.8, 4) is 0 Å². The van der Waals surface area contributed by atoms with Crippen LogP contribution >= 0.6 is 11.8 Å². The van der Waals surface area contributed by atoms with E-state index in [0.717, 1.165) is 6.54 Å². The maximum Gasteiger partial charge on any atom is 0.0558 e. The second-order valence-corrected chi connectivity index (χ2v) is 6.93. The molecule has 1 aromatic carbocycles. The molecule has 1 saturated heterocycles. The largest absolute Gasteiger partial charge is 0.311 e. The minimum absolute atomic E-state index is 0.126. The molecule has 0 aromatic heterocycles. The fraction of sp³-hybridized carbons (Fsp3) is 0.647. The minimum Gasteiger partial charge on any atom is -0.311 e. The SMILES string of the molecule is CCCC1CN(CCSC)C(C)(c2ccccc2)CN1. The molecule has 2 atom stereocenters. The molecular formula is C17H28N2S. The fourth-order valence-corrected chi connectivity index (χ4v) is 3.55. The van der Waals surface area contributed by atoms with Gasteiger partial charge in [-0.3, -0.25) is 4.90 Å². The second kappa shape index (κ2) is 7.48. The highest BCUT2D eigenvalue weighted by molar-refractivity contribution is 7.98. The van der Waals surface area contributed by atoms with Gasteiger partial charge in [-0.2, -0.15) is 11.8 Å². The minimum atomic E-state index is 0.126. The van der Waals surface area contributed by atoms with Crippen LogP contribution in [0.3, 0.4) is 0 Å². The first-order valence-corrected chi connectivity index (χ1v) is 9.13. The first kappa shape index (κ1) is 15.9. The molecule has 0 saturated carbocycles. The molecule has 0 aliphatic carbocycles. The van der Waals surface area contributed by atoms with Gasteiger partial charge in [-0.05, 0) is 25.2 Å². The van der Waals surface area contributed by atoms with E-state index in [1.54, 1.807) is 0 Å². The van der Waals surface area contributed by atoms with Crippen molar-refractivity contribution < 1.29 is 0 Å². The molecule has 1 aliphatic heterocycles. The number of nitrogens with zero attached hydrogens (tertiary/aromatic N) is 1. The zero-order chi connectivity index (χ0) is 14.4. The van der Waals surface area contributed by atoms with Crippen molar-refractivity contribution in [2.75, 3.05) is 31.6 Å². The highest BCUT2D eigenvalue weighted by Crippen LogP contribution is 2.31. The quantitative estimate of drug-likeness (QED) is 0.866. The molecule has 1 N–H and O–H groups in total. The van der Waals surface area contributed by atoms with E-state index in [1.807, 2.05) is 11.8 Å². The molecule has 3 heteroatoms. The van der Waals surface area contributed by atoms with E-state index in [9.17, 15) is 0 Å². The van der Waals surface area contributed by atoms with Crippen LogP contribution in [0.1, 0.15) is 32.3 Å². The Morgan fingerprint density at radius 3 is 2.75 bits per heavy atom. The predicted octanol–water partition coefficient (Wildman–Crippen LogP) is 3.34. The summed E-state index contributed by atoms with van der Waals surface area (Å²) in [6.45, 7) is 8.06. The normalized spacial score (nSPS) is 27.6. The van der Waals surface area contributed by atoms with Crippen molar-refractivity contribution in [3.63, 3.8) is 0 Å². The lowest BCUT2D eigenvalue weighted by Crippen LogP contribution is -2.61. The lowest BCUT2D eigenvalue weighted by molar-refractivity contribution is 0.0540. The predicted molar refractivity (Wildman–Crippen MR) is 90.4 cm³/mol. The number of piperazine rings is 1. The van der Waals surface area contributed by atoms with Gasteiger partial charge in [-0.15, -0.1) is 0 Å². The Labute approximate surface area is 128 Å². The third-order valence-corrected chi connectivity index (χ3v) is 5.06. The monoisotopic (exact) mass is 292 g/mol. The van der Waals surface area contributed by atoms with Crippen LogP contribution in [-0.2, 0) is 5.54 Å². The highest BCUT2D eigenvalue weighted by Gasteiger charge is 2.38. The van der Waals surface area contributed by atoms with Crippen LogP contribution in [0, 0.1) is 0 Å². The fourth-order valence-electron chi connectivity index (χ4n) is 3.15. The van der Waals surface area contributed by atoms with Gasteiger partial charge >= 0.3 is 0 Å². The molecule has 1 aliphatic rings. The summed E-state index contributed by atoms with van der Waals surface area (Å²) < 4.78 is 0. The van der Waals surface area contributed by atoms with Crippen LogP contribution in [0.2, 0.25) is 0 Å². The molecule has 1 fully saturated rings. The molecular weight excluding hydrogens is 264 g/mol. The Hall–Kier alpha value is -0.510. The van der Waals surface area contributed by atoms with Gasteiger partial charge in [0.05, 0.1) is 5.54 Å². The molecule has 2 unspecified atom stereocenters. The van der Waals surface area contributed by atoms with Crippen molar-refractivity contribution in [1.29, 1.82) is 0 Å². The summed E-state index contributed by atoms with van der Waals surface area (Å²) in [4.78, 5) is 2.69. The van der Waals surface area contributed by atoms with Crippen LogP contribution in [0.15, 0.2) is 30.3 Å². The topological polar surface area (TPSA) is 15.3 Å². The molecule has 0 amide bonds. The average Bonchev–Trinajstić information content (AvgIpc) is 2.49. The van der Waals surface area contributed by atoms with Crippen molar-refractivity contribution in [2.45, 2.75) is 38.3 Å². The van der Waals surface area contributed by atoms with Crippen LogP contribution in [-0.4, -0.2) is 42.6 Å². The molecule has 20 heavy (non-hydrogen) atoms. The highest BCUT2D eigenvalue weighted by atomic mass is 32.2. The maximum atomic E-state index is 3.77. The number of benzene rings is 1. The van der Waals surface area contributed by atoms with E-state index >= 15 is 0 Å². The molecule has 0 spiro atoms. The van der Waals surface area contributed by atoms with E-state index in [0.29, 0.717) is 6.04 Å². The third kappa shape index (κ3) is 3.57. The molecule has 2 nitrogen and oxygen atoms in total. The first-order chi connectivity index (χ1) is 9.70. The van der Waals surface area contributed by atoms with Gasteiger partial charge in [0.1, 0.15) is 0 Å². The molecule has 1 heterocycles. The zero-order valence-electron chi connectivity index (χ0n) is 13.1. The summed E-state index contributed by atoms with van der Waals surface area (Å²) in [5.74, 6) is 1.21. The van der Waals surface area contributed by atoms with Crippen molar-refractivity contribution >= 4 is 11.8 Å². The Balaban J connectivity index is 2.16. The van der Waals surface area contributed by atoms with Gasteiger partial charge in [-0.25, -0.2) is 0 Å². The standard InChI is InChI=1S/C17H28N2S/c1-4-8-16-13-19(11-12-20-3)17(2,14-18-16)15-9-6-5-7-10-15/h5-7,9-10,16,18H,4,8,11-14H2,1-3H3. The zero-order valence-corrected chi connectivity index (χ0v) is 13.9. The van der Waals surface area contributed by atoms with Gasteiger partial charge in [0.2, 0.25) is 0 Å². The number of rotatable bonds is 6. The van der Waals surface area contributed by atoms with Gasteiger partial charge < -0.3 is 5.32 Å². The molecule has 1 aromatic rings. The van der Waals surface area contributed by atoms with Crippen molar-refractivity contribution in [1.82, 2.24) is 10.2 Å². The number of hydrogen-bond donors (Lipinski definition) is 1. The lowest BCUT2D eigenvalue weighted by Gasteiger charge is -2.48. The lowest BCUT2D eigenvalue weighted by atomic mass is 9.86. The van der Waals surface area contributed by atoms with E-state index in [2.05, 4.69) is 60.7 Å². The summed E-state index contributed by atoms with van der Waals surface area (Å²) in [5.41, 5.74) is 1.56. The number of nitrogens with one attached hydrogen (secondary N) is 1. The molecule has 0 radical (unpaired) electrons. The number of thioether (sulfide) groups is 1. The summed E-state index contributed by atoms with van der Waals surface area (Å²) >= 11 is 1.94. The second-order valence-electron chi connectivity index (χ2n) is 5.95. The van der Waals surface area contributed by atoms with Gasteiger partial charge in [0.15, 0.2) is 0 Å². The summed E-state index contributed by atoms with van der Waals surface area (Å²) in [5, 5.41) is 3.77. The van der Waals surface area contributed by atoms with E-state index in [1.165, 1.54) is 37.2 Å². The Morgan fingerprint density at radius 2 is 2.10 bits per heavy atom. The van der Waals surface area contributed by atoms with E-state index in [4.69, 9.17) is 0 Å². The van der Waals surface area contributed by atoms with Crippen LogP contribution in [0.5, 0.6) is 0 Å². The number of hydrogen-bond acceptors (Lipinski definition) is 3. The third-order valence-electron chi connectivity index (χ3n) is 4.47. The summed E-state index contributed by atoms with van der Waals surface area (Å²) in [6.07, 6.45) is 4.74. The van der Waals surface area contributed by atoms with Gasteiger partial charge in [0, 0.05) is 31.4 Å². The molecule has 2 rings (SSSR count). The Morgan fingerprint density at radius 1 is 1.35 bits per heavy atom. The molecule has 112 valence electrons. The van der Waals surface area contributed by atoms with Crippen molar-refractivity contribution in [2.24, 2.45) is 0 Å². The van der Waals surface area contributed by atoms with Crippen LogP contribution < -0.4 is 5.32 Å². The average molecular weight is 292 g/mol. The Kier molecular flexibility index (Phi) is 5.94. The van der Waals surface area contributed by atoms with E-state index < -0.39 is 0 Å². The molecule has 0 bridgehead atoms. The summed E-state index contributed by atoms with van der Waals surface area (Å²) in [7, 11) is 0. The van der Waals surface area contributed by atoms with E-state index in [-0.39, 0.29) is 5.54 Å². The maximum absolute atomic E-state index is 3.77. The van der Waals surface area contributed by atoms with Gasteiger partial charge in [-0.1, -0.05) is 43.7 Å². The van der Waals surface area contributed by atoms with Crippen LogP contribution in [0.25, 0.3) is 0 Å². The first-order valence-electron chi connectivity index (χ1n) is 7.73. The van der Waals surface area contributed by atoms with Gasteiger partial charge in [0.25, 0.3) is 0 Å². The smallest absolute Gasteiger partial charge is 0.0558 e.